The van der Waals surface area contributed by atoms with E-state index in [1.165, 1.54) is 4.90 Å². The van der Waals surface area contributed by atoms with Gasteiger partial charge in [0.2, 0.25) is 0 Å². The molecular weight excluding hydrogens is 536 g/mol. The van der Waals surface area contributed by atoms with Crippen molar-refractivity contribution in [1.29, 1.82) is 0 Å². The van der Waals surface area contributed by atoms with Crippen molar-refractivity contribution in [2.75, 3.05) is 6.54 Å². The number of aliphatic hydroxyl groups excluding tert-OH is 1. The van der Waals surface area contributed by atoms with Crippen LogP contribution in [0, 0.1) is 10.8 Å². The Kier molecular flexibility index (Phi) is 10.2. The van der Waals surface area contributed by atoms with E-state index < -0.39 is 46.6 Å². The molecule has 2 amide bonds. The Hall–Kier alpha value is -3.49. The third-order valence-electron chi connectivity index (χ3n) is 7.42. The molecule has 41 heavy (non-hydrogen) atoms. The van der Waals surface area contributed by atoms with Crippen molar-refractivity contribution >= 4 is 23.9 Å². The zero-order valence-electron chi connectivity index (χ0n) is 24.6. The molecule has 2 atom stereocenters. The molecular formula is C33H40N2O5S-2. The highest BCUT2D eigenvalue weighted by Crippen LogP contribution is 2.55. The summed E-state index contributed by atoms with van der Waals surface area (Å²) in [5.74, 6) is 0. The van der Waals surface area contributed by atoms with Crippen LogP contribution in [0.2, 0.25) is 0 Å². The molecule has 8 heteroatoms. The molecule has 0 saturated carbocycles. The minimum atomic E-state index is -1.47. The Morgan fingerprint density at radius 2 is 1.22 bits per heavy atom. The summed E-state index contributed by atoms with van der Waals surface area (Å²) in [6.45, 7) is 11.4. The van der Waals surface area contributed by atoms with Crippen LogP contribution in [0.25, 0.3) is 0 Å². The third kappa shape index (κ3) is 7.05. The van der Waals surface area contributed by atoms with Crippen molar-refractivity contribution in [2.45, 2.75) is 70.0 Å². The van der Waals surface area contributed by atoms with Crippen molar-refractivity contribution in [3.63, 3.8) is 0 Å². The van der Waals surface area contributed by atoms with Gasteiger partial charge in [-0.2, -0.15) is 0 Å². The van der Waals surface area contributed by atoms with Crippen LogP contribution in [0.5, 0.6) is 0 Å². The molecule has 0 saturated heterocycles. The lowest BCUT2D eigenvalue weighted by atomic mass is 9.56. The molecule has 0 bridgehead atoms. The highest BCUT2D eigenvalue weighted by Gasteiger charge is 2.56. The van der Waals surface area contributed by atoms with Crippen LogP contribution in [-0.4, -0.2) is 45.1 Å². The molecule has 0 spiro atoms. The SMILES string of the molecule is CC(C)(C)C(c1ccccc1)(N(CC(O)C(Sc1ccccc1)N(Cc1ccccc1)C(=O)[O-])C(=O)[O-])C(C)(C)C. The summed E-state index contributed by atoms with van der Waals surface area (Å²) < 4.78 is 0. The summed E-state index contributed by atoms with van der Waals surface area (Å²) in [4.78, 5) is 28.6. The molecule has 3 aromatic rings. The number of aliphatic hydroxyl groups is 1. The lowest BCUT2D eigenvalue weighted by Gasteiger charge is -2.61. The molecule has 7 nitrogen and oxygen atoms in total. The van der Waals surface area contributed by atoms with Gasteiger partial charge < -0.3 is 34.7 Å². The normalized spacial score (nSPS) is 13.7. The molecule has 0 aliphatic rings. The molecule has 2 unspecified atom stereocenters. The fourth-order valence-corrected chi connectivity index (χ4v) is 7.41. The molecule has 220 valence electrons. The molecule has 3 aromatic carbocycles. The molecule has 0 aliphatic heterocycles. The van der Waals surface area contributed by atoms with Gasteiger partial charge in [0.05, 0.1) is 5.54 Å². The fraction of sp³-hybridized carbons (Fsp3) is 0.394. The van der Waals surface area contributed by atoms with Crippen molar-refractivity contribution in [3.05, 3.63) is 102 Å². The number of hydrogen-bond acceptors (Lipinski definition) is 6. The summed E-state index contributed by atoms with van der Waals surface area (Å²) in [5, 5.41) is 36.4. The molecule has 0 fully saturated rings. The van der Waals surface area contributed by atoms with Crippen LogP contribution < -0.4 is 10.2 Å². The van der Waals surface area contributed by atoms with Gasteiger partial charge in [-0.05, 0) is 34.1 Å². The Balaban J connectivity index is 2.15. The first kappa shape index (κ1) is 32.0. The molecule has 0 heterocycles. The second-order valence-electron chi connectivity index (χ2n) is 12.2. The average Bonchev–Trinajstić information content (AvgIpc) is 2.90. The van der Waals surface area contributed by atoms with E-state index in [0.29, 0.717) is 5.56 Å². The summed E-state index contributed by atoms with van der Waals surface area (Å²) in [6, 6.07) is 27.5. The van der Waals surface area contributed by atoms with Gasteiger partial charge >= 0.3 is 0 Å². The van der Waals surface area contributed by atoms with E-state index in [9.17, 15) is 24.9 Å². The van der Waals surface area contributed by atoms with Gasteiger partial charge in [-0.3, -0.25) is 0 Å². The van der Waals surface area contributed by atoms with Crippen molar-refractivity contribution in [1.82, 2.24) is 9.80 Å². The van der Waals surface area contributed by atoms with Crippen LogP contribution in [0.4, 0.5) is 9.59 Å². The van der Waals surface area contributed by atoms with E-state index in [0.717, 1.165) is 27.1 Å². The van der Waals surface area contributed by atoms with Crippen LogP contribution in [0.15, 0.2) is 95.9 Å². The molecule has 0 aromatic heterocycles. The highest BCUT2D eigenvalue weighted by atomic mass is 32.2. The number of rotatable bonds is 10. The van der Waals surface area contributed by atoms with Crippen molar-refractivity contribution < 1.29 is 24.9 Å². The summed E-state index contributed by atoms with van der Waals surface area (Å²) in [6.07, 6.45) is -4.36. The van der Waals surface area contributed by atoms with Crippen LogP contribution in [-0.2, 0) is 12.1 Å². The monoisotopic (exact) mass is 576 g/mol. The molecule has 0 aliphatic carbocycles. The first-order valence-corrected chi connectivity index (χ1v) is 14.5. The predicted octanol–water partition coefficient (Wildman–Crippen LogP) is 4.94. The Labute approximate surface area is 247 Å². The van der Waals surface area contributed by atoms with E-state index in [1.54, 1.807) is 24.3 Å². The zero-order chi connectivity index (χ0) is 30.4. The topological polar surface area (TPSA) is 107 Å². The van der Waals surface area contributed by atoms with E-state index in [1.807, 2.05) is 108 Å². The zero-order valence-corrected chi connectivity index (χ0v) is 25.4. The smallest absolute Gasteiger partial charge is 0.138 e. The van der Waals surface area contributed by atoms with E-state index in [-0.39, 0.29) is 6.54 Å². The Morgan fingerprint density at radius 1 is 0.756 bits per heavy atom. The molecule has 3 rings (SSSR count). The second-order valence-corrected chi connectivity index (χ2v) is 13.4. The number of thioether (sulfide) groups is 1. The van der Waals surface area contributed by atoms with Gasteiger partial charge in [0, 0.05) is 18.0 Å². The van der Waals surface area contributed by atoms with Gasteiger partial charge in [-0.15, -0.1) is 0 Å². The standard InChI is InChI=1S/C33H42N2O5S/c1-31(2,3)33(32(4,5)6,25-18-12-8-13-19-25)35(30(39)40)23-27(36)28(41-26-20-14-9-15-21-26)34(29(37)38)22-24-16-10-7-11-17-24/h7-21,27-28,36H,22-23H2,1-6H3,(H,37,38)(H,39,40)/p-2. The second kappa shape index (κ2) is 13.0. The van der Waals surface area contributed by atoms with Gasteiger partial charge in [0.25, 0.3) is 0 Å². The number of benzene rings is 3. The number of carbonyl (C=O) groups is 2. The first-order chi connectivity index (χ1) is 19.2. The van der Waals surface area contributed by atoms with Gasteiger partial charge in [-0.1, -0.05) is 132 Å². The molecule has 0 radical (unpaired) electrons. The van der Waals surface area contributed by atoms with E-state index >= 15 is 0 Å². The lowest BCUT2D eigenvalue weighted by molar-refractivity contribution is -0.284. The molecule has 1 N–H and O–H groups in total. The average molecular weight is 577 g/mol. The van der Waals surface area contributed by atoms with Gasteiger partial charge in [-0.25, -0.2) is 0 Å². The predicted molar refractivity (Wildman–Crippen MR) is 159 cm³/mol. The van der Waals surface area contributed by atoms with Crippen LogP contribution in [0.3, 0.4) is 0 Å². The van der Waals surface area contributed by atoms with Crippen molar-refractivity contribution in [2.24, 2.45) is 10.8 Å². The summed E-state index contributed by atoms with van der Waals surface area (Å²) in [7, 11) is 0. The largest absolute Gasteiger partial charge is 0.530 e. The van der Waals surface area contributed by atoms with Gasteiger partial charge in [0.1, 0.15) is 23.7 Å². The number of carbonyl (C=O) groups excluding carboxylic acids is 2. The third-order valence-corrected chi connectivity index (χ3v) is 8.78. The van der Waals surface area contributed by atoms with Gasteiger partial charge in [0.15, 0.2) is 0 Å². The number of amides is 2. The first-order valence-electron chi connectivity index (χ1n) is 13.7. The van der Waals surface area contributed by atoms with E-state index in [2.05, 4.69) is 0 Å². The van der Waals surface area contributed by atoms with Crippen molar-refractivity contribution in [3.8, 4) is 0 Å². The summed E-state index contributed by atoms with van der Waals surface area (Å²) >= 11 is 1.14. The number of carboxylic acid groups (broad SMARTS) is 2. The minimum Gasteiger partial charge on any atom is -0.530 e. The number of nitrogens with zero attached hydrogens (tertiary/aromatic N) is 2. The maximum atomic E-state index is 13.1. The highest BCUT2D eigenvalue weighted by molar-refractivity contribution is 8.00. The van der Waals surface area contributed by atoms with Crippen LogP contribution >= 0.6 is 11.8 Å². The lowest BCUT2D eigenvalue weighted by Crippen LogP contribution is -2.68. The van der Waals surface area contributed by atoms with Crippen LogP contribution in [0.1, 0.15) is 52.7 Å². The Morgan fingerprint density at radius 3 is 1.66 bits per heavy atom. The minimum absolute atomic E-state index is 0.0432. The maximum Gasteiger partial charge on any atom is 0.138 e. The fourth-order valence-electron chi connectivity index (χ4n) is 6.29. The number of hydrogen-bond donors (Lipinski definition) is 1. The maximum absolute atomic E-state index is 13.1. The quantitative estimate of drug-likeness (QED) is 0.271. The summed E-state index contributed by atoms with van der Waals surface area (Å²) in [5.41, 5.74) is -1.01. The Bertz CT molecular complexity index is 1260. The van der Waals surface area contributed by atoms with E-state index in [4.69, 9.17) is 0 Å².